The highest BCUT2D eigenvalue weighted by Crippen LogP contribution is 2.26. The molecule has 1 fully saturated rings. The van der Waals surface area contributed by atoms with Gasteiger partial charge in [-0.05, 0) is 49.8 Å². The van der Waals surface area contributed by atoms with E-state index in [1.54, 1.807) is 22.8 Å². The van der Waals surface area contributed by atoms with Gasteiger partial charge < -0.3 is 9.64 Å². The zero-order valence-electron chi connectivity index (χ0n) is 18.9. The molecular formula is C23H31N3O4S. The Labute approximate surface area is 187 Å². The first-order valence-corrected chi connectivity index (χ1v) is 11.7. The second-order valence-corrected chi connectivity index (χ2v) is 10.0. The molecule has 7 nitrogen and oxygen atoms in total. The number of ether oxygens (including phenoxy) is 1. The first kappa shape index (κ1) is 23.3. The molecular weight excluding hydrogens is 414 g/mol. The molecule has 1 saturated heterocycles. The molecule has 1 atom stereocenters. The van der Waals surface area contributed by atoms with Crippen LogP contribution in [0.2, 0.25) is 0 Å². The molecule has 8 heteroatoms. The summed E-state index contributed by atoms with van der Waals surface area (Å²) < 4.78 is 6.44. The molecule has 168 valence electrons. The third-order valence-electron chi connectivity index (χ3n) is 5.61. The predicted octanol–water partition coefficient (Wildman–Crippen LogP) is 3.58. The zero-order valence-corrected chi connectivity index (χ0v) is 19.7. The Morgan fingerprint density at radius 3 is 2.52 bits per heavy atom. The van der Waals surface area contributed by atoms with E-state index in [9.17, 15) is 14.4 Å². The highest BCUT2D eigenvalue weighted by molar-refractivity contribution is 8.00. The molecule has 1 amide bonds. The highest BCUT2D eigenvalue weighted by Gasteiger charge is 2.27. The highest BCUT2D eigenvalue weighted by atomic mass is 32.2. The van der Waals surface area contributed by atoms with Gasteiger partial charge in [-0.1, -0.05) is 32.5 Å². The molecule has 2 aromatic rings. The summed E-state index contributed by atoms with van der Waals surface area (Å²) in [5.41, 5.74) is 0.608. The topological polar surface area (TPSA) is 81.5 Å². The molecule has 1 unspecified atom stereocenters. The minimum Gasteiger partial charge on any atom is -0.465 e. The lowest BCUT2D eigenvalue weighted by atomic mass is 9.99. The number of fused-ring (bicyclic) bond motifs is 1. The lowest BCUT2D eigenvalue weighted by molar-refractivity contribution is -0.131. The fraction of sp³-hybridized carbons (Fsp3) is 0.565. The molecule has 0 bridgehead atoms. The molecule has 0 radical (unpaired) electrons. The Morgan fingerprint density at radius 2 is 1.90 bits per heavy atom. The van der Waals surface area contributed by atoms with Gasteiger partial charge in [-0.2, -0.15) is 0 Å². The van der Waals surface area contributed by atoms with Crippen molar-refractivity contribution in [3.05, 3.63) is 34.1 Å². The van der Waals surface area contributed by atoms with Crippen LogP contribution in [0.3, 0.4) is 0 Å². The second-order valence-electron chi connectivity index (χ2n) is 8.70. The van der Waals surface area contributed by atoms with Gasteiger partial charge in [0.05, 0.1) is 28.8 Å². The number of likely N-dealkylation sites (tertiary alicyclic amines) is 1. The number of benzene rings is 1. The number of rotatable bonds is 6. The van der Waals surface area contributed by atoms with Crippen molar-refractivity contribution in [2.24, 2.45) is 11.8 Å². The van der Waals surface area contributed by atoms with Crippen molar-refractivity contribution in [1.29, 1.82) is 0 Å². The van der Waals surface area contributed by atoms with Gasteiger partial charge in [0.1, 0.15) is 0 Å². The summed E-state index contributed by atoms with van der Waals surface area (Å²) >= 11 is 1.31. The number of carbonyl (C=O) groups excluding carboxylic acids is 2. The molecule has 1 aliphatic rings. The van der Waals surface area contributed by atoms with Gasteiger partial charge in [0.15, 0.2) is 5.16 Å². The number of nitrogens with zero attached hydrogens (tertiary/aromatic N) is 3. The Balaban J connectivity index is 1.96. The van der Waals surface area contributed by atoms with E-state index in [-0.39, 0.29) is 22.6 Å². The number of amides is 1. The van der Waals surface area contributed by atoms with E-state index < -0.39 is 5.97 Å². The van der Waals surface area contributed by atoms with E-state index in [1.165, 1.54) is 18.9 Å². The number of hydrogen-bond donors (Lipinski definition) is 0. The average Bonchev–Trinajstić information content (AvgIpc) is 2.75. The molecule has 0 spiro atoms. The van der Waals surface area contributed by atoms with Crippen LogP contribution < -0.4 is 5.56 Å². The number of piperidine rings is 1. The van der Waals surface area contributed by atoms with Crippen molar-refractivity contribution >= 4 is 34.5 Å². The number of thioether (sulfide) groups is 1. The van der Waals surface area contributed by atoms with Crippen molar-refractivity contribution in [3.63, 3.8) is 0 Å². The summed E-state index contributed by atoms with van der Waals surface area (Å²) in [6.07, 6.45) is 2.04. The first-order valence-electron chi connectivity index (χ1n) is 10.8. The van der Waals surface area contributed by atoms with Crippen LogP contribution in [-0.2, 0) is 16.1 Å². The third kappa shape index (κ3) is 5.29. The molecule has 0 aliphatic carbocycles. The van der Waals surface area contributed by atoms with E-state index in [0.29, 0.717) is 34.1 Å². The van der Waals surface area contributed by atoms with E-state index in [1.807, 2.05) is 25.7 Å². The summed E-state index contributed by atoms with van der Waals surface area (Å²) in [6.45, 7) is 10.2. The molecule has 0 saturated carbocycles. The van der Waals surface area contributed by atoms with E-state index in [2.05, 4.69) is 6.92 Å². The van der Waals surface area contributed by atoms with Crippen molar-refractivity contribution in [2.45, 2.75) is 57.5 Å². The predicted molar refractivity (Wildman–Crippen MR) is 122 cm³/mol. The van der Waals surface area contributed by atoms with Gasteiger partial charge in [-0.25, -0.2) is 9.78 Å². The smallest absolute Gasteiger partial charge is 0.337 e. The third-order valence-corrected chi connectivity index (χ3v) is 6.69. The fourth-order valence-electron chi connectivity index (χ4n) is 3.76. The normalized spacial score (nSPS) is 16.0. The van der Waals surface area contributed by atoms with Gasteiger partial charge in [-0.15, -0.1) is 0 Å². The van der Waals surface area contributed by atoms with Gasteiger partial charge >= 0.3 is 5.97 Å². The molecule has 1 aromatic carbocycles. The molecule has 3 rings (SSSR count). The number of carbonyl (C=O) groups is 2. The summed E-state index contributed by atoms with van der Waals surface area (Å²) in [6, 6.07) is 4.77. The number of methoxy groups -OCH3 is 1. The van der Waals surface area contributed by atoms with Crippen molar-refractivity contribution in [1.82, 2.24) is 14.5 Å². The average molecular weight is 446 g/mol. The van der Waals surface area contributed by atoms with E-state index in [0.717, 1.165) is 25.9 Å². The van der Waals surface area contributed by atoms with Crippen molar-refractivity contribution in [3.8, 4) is 0 Å². The fourth-order valence-corrected chi connectivity index (χ4v) is 4.76. The summed E-state index contributed by atoms with van der Waals surface area (Å²) in [4.78, 5) is 44.7. The Kier molecular flexibility index (Phi) is 7.41. The molecule has 1 aliphatic heterocycles. The van der Waals surface area contributed by atoms with Crippen LogP contribution in [0.1, 0.15) is 50.9 Å². The van der Waals surface area contributed by atoms with Gasteiger partial charge in [0, 0.05) is 19.6 Å². The van der Waals surface area contributed by atoms with Gasteiger partial charge in [0.2, 0.25) is 5.91 Å². The molecule has 0 N–H and O–H groups in total. The second kappa shape index (κ2) is 9.85. The van der Waals surface area contributed by atoms with Crippen LogP contribution in [0.5, 0.6) is 0 Å². The van der Waals surface area contributed by atoms with E-state index in [4.69, 9.17) is 9.72 Å². The standard InChI is InChI=1S/C23H31N3O4S/c1-14(2)13-26-21(28)18-7-6-17(22(29)30-5)12-19(18)24-23(26)31-16(4)20(27)25-10-8-15(3)9-11-25/h6-7,12,14-16H,8-11,13H2,1-5H3. The lowest BCUT2D eigenvalue weighted by Crippen LogP contribution is -2.42. The minimum atomic E-state index is -0.480. The number of esters is 1. The zero-order chi connectivity index (χ0) is 22.7. The number of hydrogen-bond acceptors (Lipinski definition) is 6. The summed E-state index contributed by atoms with van der Waals surface area (Å²) in [5, 5.41) is 0.584. The maximum Gasteiger partial charge on any atom is 0.337 e. The van der Waals surface area contributed by atoms with Gasteiger partial charge in [0.25, 0.3) is 5.56 Å². The Hall–Kier alpha value is -2.35. The molecule has 2 heterocycles. The number of aromatic nitrogens is 2. The quantitative estimate of drug-likeness (QED) is 0.384. The van der Waals surface area contributed by atoms with Crippen LogP contribution >= 0.6 is 11.8 Å². The SMILES string of the molecule is COC(=O)c1ccc2c(=O)n(CC(C)C)c(SC(C)C(=O)N3CCC(C)CC3)nc2c1. The minimum absolute atomic E-state index is 0.0747. The van der Waals surface area contributed by atoms with Crippen LogP contribution in [0.25, 0.3) is 10.9 Å². The lowest BCUT2D eigenvalue weighted by Gasteiger charge is -2.32. The summed E-state index contributed by atoms with van der Waals surface area (Å²) in [7, 11) is 1.32. The van der Waals surface area contributed by atoms with Gasteiger partial charge in [-0.3, -0.25) is 14.2 Å². The van der Waals surface area contributed by atoms with E-state index >= 15 is 0 Å². The molecule has 31 heavy (non-hydrogen) atoms. The first-order chi connectivity index (χ1) is 14.7. The maximum absolute atomic E-state index is 13.2. The van der Waals surface area contributed by atoms with Crippen molar-refractivity contribution < 1.29 is 14.3 Å². The Morgan fingerprint density at radius 1 is 1.23 bits per heavy atom. The Bertz CT molecular complexity index is 1030. The van der Waals surface area contributed by atoms with Crippen molar-refractivity contribution in [2.75, 3.05) is 20.2 Å². The molecule has 1 aromatic heterocycles. The summed E-state index contributed by atoms with van der Waals surface area (Å²) in [5.74, 6) is 0.479. The van der Waals surface area contributed by atoms with Crippen LogP contribution in [-0.4, -0.2) is 51.8 Å². The van der Waals surface area contributed by atoms with Crippen LogP contribution in [0, 0.1) is 11.8 Å². The van der Waals surface area contributed by atoms with Crippen LogP contribution in [0.15, 0.2) is 28.2 Å². The monoisotopic (exact) mass is 445 g/mol. The maximum atomic E-state index is 13.2. The van der Waals surface area contributed by atoms with Crippen LogP contribution in [0.4, 0.5) is 0 Å². The largest absolute Gasteiger partial charge is 0.465 e.